The Balaban J connectivity index is 2.96. The van der Waals surface area contributed by atoms with Gasteiger partial charge < -0.3 is 10.5 Å². The van der Waals surface area contributed by atoms with Crippen molar-refractivity contribution in [3.05, 3.63) is 33.8 Å². The molecule has 1 aromatic rings. The number of halogens is 4. The lowest BCUT2D eigenvalue weighted by atomic mass is 10.0. The number of ether oxygens (including phenoxy) is 1. The first-order valence-electron chi connectivity index (χ1n) is 5.06. The molecule has 1 rings (SSSR count). The third-order valence-corrected chi connectivity index (χ3v) is 2.92. The Labute approximate surface area is 106 Å². The molecule has 0 aliphatic carbocycles. The quantitative estimate of drug-likeness (QED) is 0.923. The fourth-order valence-electron chi connectivity index (χ4n) is 1.33. The second-order valence-corrected chi connectivity index (χ2v) is 4.36. The maximum absolute atomic E-state index is 12.6. The minimum absolute atomic E-state index is 0.0114. The van der Waals surface area contributed by atoms with E-state index in [-0.39, 0.29) is 11.1 Å². The van der Waals surface area contributed by atoms with E-state index in [9.17, 15) is 13.2 Å². The van der Waals surface area contributed by atoms with Crippen LogP contribution >= 0.6 is 15.9 Å². The molecule has 96 valence electrons. The maximum Gasteiger partial charge on any atom is 0.417 e. The molecule has 1 aromatic carbocycles. The minimum Gasteiger partial charge on any atom is -0.380 e. The summed E-state index contributed by atoms with van der Waals surface area (Å²) < 4.78 is 43.0. The highest BCUT2D eigenvalue weighted by molar-refractivity contribution is 9.10. The van der Waals surface area contributed by atoms with E-state index in [1.807, 2.05) is 0 Å². The second-order valence-electron chi connectivity index (χ2n) is 3.50. The van der Waals surface area contributed by atoms with Crippen LogP contribution in [0, 0.1) is 0 Å². The van der Waals surface area contributed by atoms with Crippen molar-refractivity contribution in [1.82, 2.24) is 0 Å². The van der Waals surface area contributed by atoms with Crippen LogP contribution in [0.1, 0.15) is 24.1 Å². The Kier molecular flexibility index (Phi) is 4.97. The van der Waals surface area contributed by atoms with Crippen LogP contribution in [0.4, 0.5) is 13.2 Å². The summed E-state index contributed by atoms with van der Waals surface area (Å²) in [5.41, 5.74) is 5.43. The van der Waals surface area contributed by atoms with Crippen molar-refractivity contribution in [2.75, 3.05) is 13.2 Å². The van der Waals surface area contributed by atoms with Crippen molar-refractivity contribution >= 4 is 15.9 Å². The third kappa shape index (κ3) is 3.97. The molecule has 2 nitrogen and oxygen atoms in total. The lowest BCUT2D eigenvalue weighted by Gasteiger charge is -2.15. The van der Waals surface area contributed by atoms with Crippen molar-refractivity contribution in [2.24, 2.45) is 5.73 Å². The van der Waals surface area contributed by atoms with Crippen LogP contribution < -0.4 is 5.73 Å². The molecule has 0 amide bonds. The lowest BCUT2D eigenvalue weighted by Crippen LogP contribution is -2.18. The predicted molar refractivity (Wildman–Crippen MR) is 62.6 cm³/mol. The first kappa shape index (κ1) is 14.5. The first-order valence-corrected chi connectivity index (χ1v) is 5.85. The van der Waals surface area contributed by atoms with Gasteiger partial charge in [-0.05, 0) is 24.6 Å². The van der Waals surface area contributed by atoms with E-state index in [1.54, 1.807) is 13.0 Å². The number of alkyl halides is 3. The van der Waals surface area contributed by atoms with Gasteiger partial charge in [-0.15, -0.1) is 0 Å². The summed E-state index contributed by atoms with van der Waals surface area (Å²) in [6.07, 6.45) is -4.39. The maximum atomic E-state index is 12.6. The zero-order valence-electron chi connectivity index (χ0n) is 9.22. The van der Waals surface area contributed by atoms with Crippen LogP contribution in [-0.4, -0.2) is 13.2 Å². The Bertz CT molecular complexity index is 381. The fraction of sp³-hybridized carbons (Fsp3) is 0.455. The number of rotatable bonds is 4. The van der Waals surface area contributed by atoms with E-state index < -0.39 is 17.8 Å². The summed E-state index contributed by atoms with van der Waals surface area (Å²) in [7, 11) is 0. The molecule has 0 spiro atoms. The van der Waals surface area contributed by atoms with Gasteiger partial charge in [0.2, 0.25) is 0 Å². The van der Waals surface area contributed by atoms with Gasteiger partial charge in [-0.2, -0.15) is 13.2 Å². The van der Waals surface area contributed by atoms with Crippen LogP contribution in [0.25, 0.3) is 0 Å². The average molecular weight is 312 g/mol. The molecular formula is C11H13BrF3NO. The molecule has 6 heteroatoms. The van der Waals surface area contributed by atoms with E-state index >= 15 is 0 Å². The number of hydrogen-bond donors (Lipinski definition) is 1. The zero-order chi connectivity index (χ0) is 13.1. The smallest absolute Gasteiger partial charge is 0.380 e. The summed E-state index contributed by atoms with van der Waals surface area (Å²) in [6.45, 7) is 2.49. The van der Waals surface area contributed by atoms with E-state index in [0.29, 0.717) is 12.2 Å². The standard InChI is InChI=1S/C11H13BrF3NO/c1-2-17-6-10(16)7-3-4-9(12)8(5-7)11(13,14)15/h3-5,10H,2,6,16H2,1H3. The Morgan fingerprint density at radius 2 is 2.06 bits per heavy atom. The van der Waals surface area contributed by atoms with Crippen molar-refractivity contribution < 1.29 is 17.9 Å². The summed E-state index contributed by atoms with van der Waals surface area (Å²) in [4.78, 5) is 0. The Morgan fingerprint density at radius 1 is 1.41 bits per heavy atom. The Hall–Kier alpha value is -0.590. The van der Waals surface area contributed by atoms with Crippen molar-refractivity contribution in [2.45, 2.75) is 19.1 Å². The highest BCUT2D eigenvalue weighted by Crippen LogP contribution is 2.36. The van der Waals surface area contributed by atoms with Crippen LogP contribution in [0.15, 0.2) is 22.7 Å². The molecule has 0 bridgehead atoms. The zero-order valence-corrected chi connectivity index (χ0v) is 10.8. The van der Waals surface area contributed by atoms with Crippen molar-refractivity contribution in [3.8, 4) is 0 Å². The average Bonchev–Trinajstić information content (AvgIpc) is 2.25. The highest BCUT2D eigenvalue weighted by Gasteiger charge is 2.33. The molecule has 2 N–H and O–H groups in total. The molecule has 0 saturated heterocycles. The molecule has 1 unspecified atom stereocenters. The monoisotopic (exact) mass is 311 g/mol. The molecule has 0 saturated carbocycles. The molecule has 0 fully saturated rings. The Morgan fingerprint density at radius 3 is 2.59 bits per heavy atom. The van der Waals surface area contributed by atoms with E-state index in [1.165, 1.54) is 6.07 Å². The van der Waals surface area contributed by atoms with Crippen LogP contribution in [-0.2, 0) is 10.9 Å². The van der Waals surface area contributed by atoms with Gasteiger partial charge in [0.25, 0.3) is 0 Å². The minimum atomic E-state index is -4.39. The molecule has 0 aromatic heterocycles. The molecule has 0 aliphatic heterocycles. The molecule has 0 radical (unpaired) electrons. The van der Waals surface area contributed by atoms with Crippen LogP contribution in [0.3, 0.4) is 0 Å². The molecule has 1 atom stereocenters. The van der Waals surface area contributed by atoms with E-state index in [4.69, 9.17) is 10.5 Å². The van der Waals surface area contributed by atoms with E-state index in [2.05, 4.69) is 15.9 Å². The van der Waals surface area contributed by atoms with Gasteiger partial charge in [0.05, 0.1) is 18.2 Å². The van der Waals surface area contributed by atoms with Gasteiger partial charge in [-0.1, -0.05) is 22.0 Å². The van der Waals surface area contributed by atoms with Gasteiger partial charge in [0.1, 0.15) is 0 Å². The largest absolute Gasteiger partial charge is 0.417 e. The summed E-state index contributed by atoms with van der Waals surface area (Å²) in [5, 5.41) is 0. The van der Waals surface area contributed by atoms with Gasteiger partial charge in [-0.25, -0.2) is 0 Å². The van der Waals surface area contributed by atoms with Crippen LogP contribution in [0.5, 0.6) is 0 Å². The third-order valence-electron chi connectivity index (χ3n) is 2.23. The van der Waals surface area contributed by atoms with Crippen molar-refractivity contribution in [3.63, 3.8) is 0 Å². The van der Waals surface area contributed by atoms with E-state index in [0.717, 1.165) is 6.07 Å². The number of hydrogen-bond acceptors (Lipinski definition) is 2. The molecule has 17 heavy (non-hydrogen) atoms. The molecule has 0 aliphatic rings. The first-order chi connectivity index (χ1) is 7.86. The summed E-state index contributed by atoms with van der Waals surface area (Å²) in [5.74, 6) is 0. The van der Waals surface area contributed by atoms with Crippen molar-refractivity contribution in [1.29, 1.82) is 0 Å². The highest BCUT2D eigenvalue weighted by atomic mass is 79.9. The van der Waals surface area contributed by atoms with Gasteiger partial charge in [0, 0.05) is 11.1 Å². The summed E-state index contributed by atoms with van der Waals surface area (Å²) >= 11 is 2.88. The predicted octanol–water partition coefficient (Wildman–Crippen LogP) is 3.50. The SMILES string of the molecule is CCOCC(N)c1ccc(Br)c(C(F)(F)F)c1. The normalized spacial score (nSPS) is 13.8. The van der Waals surface area contributed by atoms with Crippen LogP contribution in [0.2, 0.25) is 0 Å². The second kappa shape index (κ2) is 5.84. The lowest BCUT2D eigenvalue weighted by molar-refractivity contribution is -0.138. The molecular weight excluding hydrogens is 299 g/mol. The molecule has 0 heterocycles. The summed E-state index contributed by atoms with van der Waals surface area (Å²) in [6, 6.07) is 3.41. The van der Waals surface area contributed by atoms with Gasteiger partial charge in [-0.3, -0.25) is 0 Å². The fourth-order valence-corrected chi connectivity index (χ4v) is 1.80. The topological polar surface area (TPSA) is 35.2 Å². The van der Waals surface area contributed by atoms with Gasteiger partial charge >= 0.3 is 6.18 Å². The number of nitrogens with two attached hydrogens (primary N) is 1. The van der Waals surface area contributed by atoms with Gasteiger partial charge in [0.15, 0.2) is 0 Å². The number of benzene rings is 1.